The molecule has 1 fully saturated rings. The average Bonchev–Trinajstić information content (AvgIpc) is 3.03. The summed E-state index contributed by atoms with van der Waals surface area (Å²) < 4.78 is 0. The Morgan fingerprint density at radius 2 is 1.90 bits per heavy atom. The second-order valence-corrected chi connectivity index (χ2v) is 6.41. The lowest BCUT2D eigenvalue weighted by Gasteiger charge is -2.28. The van der Waals surface area contributed by atoms with Crippen LogP contribution in [-0.4, -0.2) is 35.8 Å². The van der Waals surface area contributed by atoms with E-state index in [4.69, 9.17) is 0 Å². The van der Waals surface area contributed by atoms with E-state index in [0.29, 0.717) is 12.5 Å². The third-order valence-electron chi connectivity index (χ3n) is 4.05. The van der Waals surface area contributed by atoms with Gasteiger partial charge in [0.15, 0.2) is 0 Å². The molecule has 2 rings (SSSR count). The summed E-state index contributed by atoms with van der Waals surface area (Å²) in [5, 5.41) is 4.09. The normalized spacial score (nSPS) is 16.8. The number of carbonyl (C=O) groups excluding carboxylic acids is 1. The third kappa shape index (κ3) is 5.44. The molecule has 0 spiro atoms. The van der Waals surface area contributed by atoms with Crippen molar-refractivity contribution in [2.75, 3.05) is 25.0 Å². The first-order chi connectivity index (χ1) is 10.3. The summed E-state index contributed by atoms with van der Waals surface area (Å²) in [6.45, 7) is 3.00. The summed E-state index contributed by atoms with van der Waals surface area (Å²) >= 11 is 3.40. The molecule has 0 aromatic heterocycles. The van der Waals surface area contributed by atoms with Gasteiger partial charge in [-0.25, -0.2) is 0 Å². The number of alkyl halides is 1. The number of likely N-dealkylation sites (tertiary alicyclic amines) is 1. The van der Waals surface area contributed by atoms with E-state index in [1.807, 2.05) is 6.07 Å². The van der Waals surface area contributed by atoms with Gasteiger partial charge in [0.2, 0.25) is 5.91 Å². The second kappa shape index (κ2) is 9.21. The quantitative estimate of drug-likeness (QED) is 0.573. The summed E-state index contributed by atoms with van der Waals surface area (Å²) in [7, 11) is 0. The van der Waals surface area contributed by atoms with Gasteiger partial charge in [-0.1, -0.05) is 46.3 Å². The number of benzene rings is 1. The highest BCUT2D eigenvalue weighted by Gasteiger charge is 2.23. The molecule has 1 aliphatic heterocycles. The highest BCUT2D eigenvalue weighted by atomic mass is 79.9. The number of rotatable bonds is 8. The molecule has 1 aromatic carbocycles. The molecule has 0 saturated carbocycles. The van der Waals surface area contributed by atoms with Crippen LogP contribution in [0, 0.1) is 0 Å². The Labute approximate surface area is 136 Å². The fourth-order valence-electron chi connectivity index (χ4n) is 2.87. The first-order valence-corrected chi connectivity index (χ1v) is 9.05. The van der Waals surface area contributed by atoms with Crippen LogP contribution in [0.15, 0.2) is 30.3 Å². The highest BCUT2D eigenvalue weighted by Crippen LogP contribution is 2.24. The van der Waals surface area contributed by atoms with Crippen LogP contribution in [0.4, 0.5) is 0 Å². The number of carbonyl (C=O) groups is 1. The first-order valence-electron chi connectivity index (χ1n) is 7.93. The molecule has 0 radical (unpaired) electrons. The average molecular weight is 353 g/mol. The Morgan fingerprint density at radius 3 is 2.57 bits per heavy atom. The number of hydrogen-bond donors (Lipinski definition) is 1. The zero-order chi connectivity index (χ0) is 14.9. The second-order valence-electron chi connectivity index (χ2n) is 5.62. The smallest absolute Gasteiger partial charge is 0.220 e. The summed E-state index contributed by atoms with van der Waals surface area (Å²) in [4.78, 5) is 14.4. The van der Waals surface area contributed by atoms with Crippen LogP contribution in [0.1, 0.15) is 43.7 Å². The van der Waals surface area contributed by atoms with Crippen molar-refractivity contribution in [2.24, 2.45) is 0 Å². The number of halogens is 1. The monoisotopic (exact) mass is 352 g/mol. The number of nitrogens with one attached hydrogen (secondary N) is 1. The zero-order valence-corrected chi connectivity index (χ0v) is 14.1. The zero-order valence-electron chi connectivity index (χ0n) is 12.6. The van der Waals surface area contributed by atoms with Gasteiger partial charge in [-0.3, -0.25) is 9.69 Å². The molecule has 1 aromatic rings. The Bertz CT molecular complexity index is 418. The van der Waals surface area contributed by atoms with Gasteiger partial charge >= 0.3 is 0 Å². The van der Waals surface area contributed by atoms with Crippen molar-refractivity contribution in [3.63, 3.8) is 0 Å². The van der Waals surface area contributed by atoms with Gasteiger partial charge in [0, 0.05) is 18.3 Å². The molecule has 4 heteroatoms. The molecule has 3 nitrogen and oxygen atoms in total. The van der Waals surface area contributed by atoms with Gasteiger partial charge in [0.05, 0.1) is 6.04 Å². The van der Waals surface area contributed by atoms with E-state index in [0.717, 1.165) is 37.8 Å². The lowest BCUT2D eigenvalue weighted by atomic mass is 10.1. The van der Waals surface area contributed by atoms with E-state index in [9.17, 15) is 4.79 Å². The lowest BCUT2D eigenvalue weighted by Crippen LogP contribution is -2.36. The van der Waals surface area contributed by atoms with Crippen molar-refractivity contribution < 1.29 is 4.79 Å². The maximum absolute atomic E-state index is 11.9. The molecule has 1 N–H and O–H groups in total. The van der Waals surface area contributed by atoms with E-state index >= 15 is 0 Å². The van der Waals surface area contributed by atoms with E-state index in [1.54, 1.807) is 0 Å². The summed E-state index contributed by atoms with van der Waals surface area (Å²) in [6.07, 6.45) is 5.18. The molecule has 1 amide bonds. The van der Waals surface area contributed by atoms with Crippen LogP contribution in [-0.2, 0) is 4.79 Å². The van der Waals surface area contributed by atoms with E-state index in [2.05, 4.69) is 50.4 Å². The van der Waals surface area contributed by atoms with Crippen molar-refractivity contribution in [1.82, 2.24) is 10.2 Å². The van der Waals surface area contributed by atoms with Crippen molar-refractivity contribution in [1.29, 1.82) is 0 Å². The maximum Gasteiger partial charge on any atom is 0.220 e. The van der Waals surface area contributed by atoms with Crippen LogP contribution in [0.3, 0.4) is 0 Å². The SMILES string of the molecule is O=C(CCCCBr)NCC(c1ccccc1)N1CCCC1. The van der Waals surface area contributed by atoms with Gasteiger partial charge in [-0.15, -0.1) is 0 Å². The first kappa shape index (κ1) is 16.5. The molecule has 1 atom stereocenters. The Kier molecular flexibility index (Phi) is 7.24. The van der Waals surface area contributed by atoms with Gasteiger partial charge in [-0.05, 0) is 44.3 Å². The fourth-order valence-corrected chi connectivity index (χ4v) is 3.26. The fraction of sp³-hybridized carbons (Fsp3) is 0.588. The van der Waals surface area contributed by atoms with Crippen molar-refractivity contribution in [3.8, 4) is 0 Å². The summed E-state index contributed by atoms with van der Waals surface area (Å²) in [5.41, 5.74) is 1.31. The van der Waals surface area contributed by atoms with Crippen LogP contribution in [0.25, 0.3) is 0 Å². The lowest BCUT2D eigenvalue weighted by molar-refractivity contribution is -0.121. The third-order valence-corrected chi connectivity index (χ3v) is 4.61. The van der Waals surface area contributed by atoms with Crippen LogP contribution in [0.2, 0.25) is 0 Å². The molecule has 1 heterocycles. The Morgan fingerprint density at radius 1 is 1.19 bits per heavy atom. The van der Waals surface area contributed by atoms with E-state index < -0.39 is 0 Å². The minimum Gasteiger partial charge on any atom is -0.354 e. The minimum absolute atomic E-state index is 0.177. The van der Waals surface area contributed by atoms with E-state index in [-0.39, 0.29) is 5.91 Å². The molecule has 116 valence electrons. The Hall–Kier alpha value is -0.870. The molecule has 21 heavy (non-hydrogen) atoms. The van der Waals surface area contributed by atoms with Crippen molar-refractivity contribution in [3.05, 3.63) is 35.9 Å². The van der Waals surface area contributed by atoms with Crippen molar-refractivity contribution in [2.45, 2.75) is 38.1 Å². The molecule has 0 aliphatic carbocycles. The predicted molar refractivity (Wildman–Crippen MR) is 90.6 cm³/mol. The molecular weight excluding hydrogens is 328 g/mol. The topological polar surface area (TPSA) is 32.3 Å². The van der Waals surface area contributed by atoms with Crippen molar-refractivity contribution >= 4 is 21.8 Å². The molecule has 1 aliphatic rings. The number of nitrogens with zero attached hydrogens (tertiary/aromatic N) is 1. The minimum atomic E-state index is 0.177. The van der Waals surface area contributed by atoms with Gasteiger partial charge in [-0.2, -0.15) is 0 Å². The summed E-state index contributed by atoms with van der Waals surface area (Å²) in [6, 6.07) is 10.9. The van der Waals surface area contributed by atoms with Gasteiger partial charge in [0.25, 0.3) is 0 Å². The maximum atomic E-state index is 11.9. The molecular formula is C17H25BrN2O. The predicted octanol–water partition coefficient (Wildman–Crippen LogP) is 3.50. The summed E-state index contributed by atoms with van der Waals surface area (Å²) in [5.74, 6) is 0.177. The molecule has 1 saturated heterocycles. The Balaban J connectivity index is 1.89. The number of unbranched alkanes of at least 4 members (excludes halogenated alkanes) is 1. The van der Waals surface area contributed by atoms with Crippen LogP contribution < -0.4 is 5.32 Å². The van der Waals surface area contributed by atoms with Crippen LogP contribution in [0.5, 0.6) is 0 Å². The number of hydrogen-bond acceptors (Lipinski definition) is 2. The van der Waals surface area contributed by atoms with Gasteiger partial charge in [0.1, 0.15) is 0 Å². The largest absolute Gasteiger partial charge is 0.354 e. The molecule has 0 bridgehead atoms. The molecule has 1 unspecified atom stereocenters. The van der Waals surface area contributed by atoms with E-state index in [1.165, 1.54) is 18.4 Å². The standard InChI is InChI=1S/C17H25BrN2O/c18-11-5-4-10-17(21)19-14-16(20-12-6-7-13-20)15-8-2-1-3-9-15/h1-3,8-9,16H,4-7,10-14H2,(H,19,21). The van der Waals surface area contributed by atoms with Crippen LogP contribution >= 0.6 is 15.9 Å². The van der Waals surface area contributed by atoms with Gasteiger partial charge < -0.3 is 5.32 Å². The highest BCUT2D eigenvalue weighted by molar-refractivity contribution is 9.09. The number of amides is 1.